The molecule has 9 heteroatoms. The maximum atomic E-state index is 14.9. The van der Waals surface area contributed by atoms with Crippen LogP contribution < -0.4 is 5.32 Å². The number of halogens is 1. The van der Waals surface area contributed by atoms with Crippen molar-refractivity contribution in [3.05, 3.63) is 77.4 Å². The molecule has 2 aliphatic rings. The van der Waals surface area contributed by atoms with Crippen LogP contribution in [0.4, 0.5) is 10.2 Å². The standard InChI is InChI=1S/C27H27FN6O2/c1-16-11-21(28)20(12-24(16)33-14-23(30-15-33)17-5-6-17)27(36)32-25-4-2-3-22(31-25)26-29-13-19-8-7-18(9-10-35)34(19)26/h2-4,11-15,17-18,35H,5-10H2,1H3,(H,31,32,36)/t18-/m0/s1. The molecular formula is C27H27FN6O2. The van der Waals surface area contributed by atoms with Crippen LogP contribution in [0.3, 0.4) is 0 Å². The van der Waals surface area contributed by atoms with Gasteiger partial charge in [-0.1, -0.05) is 6.07 Å². The number of aromatic nitrogens is 5. The Morgan fingerprint density at radius 3 is 2.89 bits per heavy atom. The largest absolute Gasteiger partial charge is 0.396 e. The van der Waals surface area contributed by atoms with E-state index in [4.69, 9.17) is 0 Å². The third-order valence-electron chi connectivity index (χ3n) is 7.06. The van der Waals surface area contributed by atoms with Crippen LogP contribution in [0.1, 0.15) is 65.0 Å². The van der Waals surface area contributed by atoms with Crippen LogP contribution in [-0.2, 0) is 6.42 Å². The molecule has 0 bridgehead atoms. The van der Waals surface area contributed by atoms with Gasteiger partial charge in [-0.05, 0) is 68.9 Å². The molecule has 1 amide bonds. The van der Waals surface area contributed by atoms with Crippen molar-refractivity contribution in [3.8, 4) is 17.2 Å². The lowest BCUT2D eigenvalue weighted by molar-refractivity contribution is 0.102. The monoisotopic (exact) mass is 486 g/mol. The molecule has 1 fully saturated rings. The molecule has 8 nitrogen and oxygen atoms in total. The van der Waals surface area contributed by atoms with Crippen LogP contribution in [0.15, 0.2) is 49.1 Å². The molecule has 1 aliphatic carbocycles. The molecule has 3 aromatic heterocycles. The first-order valence-corrected chi connectivity index (χ1v) is 12.3. The van der Waals surface area contributed by atoms with Crippen molar-refractivity contribution in [1.82, 2.24) is 24.1 Å². The highest BCUT2D eigenvalue weighted by Gasteiger charge is 2.27. The number of amides is 1. The minimum Gasteiger partial charge on any atom is -0.396 e. The fourth-order valence-electron chi connectivity index (χ4n) is 5.03. The number of nitrogens with zero attached hydrogens (tertiary/aromatic N) is 5. The average molecular weight is 487 g/mol. The van der Waals surface area contributed by atoms with Crippen LogP contribution in [0.5, 0.6) is 0 Å². The summed E-state index contributed by atoms with van der Waals surface area (Å²) in [6, 6.07) is 8.40. The van der Waals surface area contributed by atoms with E-state index in [-0.39, 0.29) is 18.2 Å². The molecule has 4 heterocycles. The molecular weight excluding hydrogens is 459 g/mol. The van der Waals surface area contributed by atoms with Crippen molar-refractivity contribution in [3.63, 3.8) is 0 Å². The van der Waals surface area contributed by atoms with Gasteiger partial charge in [-0.25, -0.2) is 19.3 Å². The van der Waals surface area contributed by atoms with E-state index in [1.807, 2.05) is 30.0 Å². The number of pyridine rings is 1. The van der Waals surface area contributed by atoms with Crippen molar-refractivity contribution in [2.24, 2.45) is 0 Å². The number of nitrogens with one attached hydrogen (secondary N) is 1. The van der Waals surface area contributed by atoms with Crippen molar-refractivity contribution in [2.45, 2.75) is 51.0 Å². The Labute approximate surface area is 207 Å². The fraction of sp³-hybridized carbons (Fsp3) is 0.333. The summed E-state index contributed by atoms with van der Waals surface area (Å²) in [5, 5.41) is 12.2. The SMILES string of the molecule is Cc1cc(F)c(C(=O)Nc2cccc(-c3ncc4n3[C@H](CCO)CC4)n2)cc1-n1cnc(C2CC2)c1. The van der Waals surface area contributed by atoms with Gasteiger partial charge in [0.25, 0.3) is 5.91 Å². The van der Waals surface area contributed by atoms with E-state index in [0.29, 0.717) is 35.4 Å². The number of aliphatic hydroxyl groups excluding tert-OH is 1. The van der Waals surface area contributed by atoms with Crippen LogP contribution in [0.2, 0.25) is 0 Å². The number of rotatable bonds is 7. The van der Waals surface area contributed by atoms with E-state index in [9.17, 15) is 14.3 Å². The van der Waals surface area contributed by atoms with Gasteiger partial charge in [0.15, 0.2) is 5.82 Å². The number of hydrogen-bond donors (Lipinski definition) is 2. The Balaban J connectivity index is 1.27. The summed E-state index contributed by atoms with van der Waals surface area (Å²) >= 11 is 0. The van der Waals surface area contributed by atoms with Gasteiger partial charge in [-0.3, -0.25) is 4.79 Å². The van der Waals surface area contributed by atoms with Gasteiger partial charge in [0.2, 0.25) is 0 Å². The van der Waals surface area contributed by atoms with Gasteiger partial charge in [0.05, 0.1) is 23.3 Å². The average Bonchev–Trinajstić information content (AvgIpc) is 3.25. The summed E-state index contributed by atoms with van der Waals surface area (Å²) < 4.78 is 18.8. The van der Waals surface area contributed by atoms with E-state index in [0.717, 1.165) is 42.6 Å². The molecule has 1 aromatic carbocycles. The van der Waals surface area contributed by atoms with Crippen molar-refractivity contribution in [2.75, 3.05) is 11.9 Å². The van der Waals surface area contributed by atoms with E-state index < -0.39 is 11.7 Å². The van der Waals surface area contributed by atoms with Crippen molar-refractivity contribution in [1.29, 1.82) is 0 Å². The number of benzene rings is 1. The van der Waals surface area contributed by atoms with Gasteiger partial charge in [0.1, 0.15) is 17.3 Å². The normalized spacial score (nSPS) is 16.8. The van der Waals surface area contributed by atoms with Crippen LogP contribution in [0.25, 0.3) is 17.2 Å². The lowest BCUT2D eigenvalue weighted by Gasteiger charge is -2.15. The fourth-order valence-corrected chi connectivity index (χ4v) is 5.03. The molecule has 2 N–H and O–H groups in total. The summed E-state index contributed by atoms with van der Waals surface area (Å²) in [4.78, 5) is 26.7. The molecule has 0 radical (unpaired) electrons. The number of aryl methyl sites for hydroxylation is 2. The summed E-state index contributed by atoms with van der Waals surface area (Å²) in [6.07, 6.45) is 10.3. The molecule has 36 heavy (non-hydrogen) atoms. The molecule has 6 rings (SSSR count). The van der Waals surface area contributed by atoms with E-state index in [2.05, 4.69) is 24.8 Å². The second kappa shape index (κ2) is 8.98. The zero-order chi connectivity index (χ0) is 24.8. The van der Waals surface area contributed by atoms with Gasteiger partial charge in [-0.2, -0.15) is 0 Å². The number of carbonyl (C=O) groups is 1. The third-order valence-corrected chi connectivity index (χ3v) is 7.06. The maximum Gasteiger partial charge on any atom is 0.259 e. The smallest absolute Gasteiger partial charge is 0.259 e. The summed E-state index contributed by atoms with van der Waals surface area (Å²) in [6.45, 7) is 1.92. The number of anilines is 1. The van der Waals surface area contributed by atoms with Crippen molar-refractivity contribution < 1.29 is 14.3 Å². The lowest BCUT2D eigenvalue weighted by atomic mass is 10.1. The third kappa shape index (κ3) is 4.09. The van der Waals surface area contributed by atoms with Gasteiger partial charge >= 0.3 is 0 Å². The Hall–Kier alpha value is -3.85. The number of aliphatic hydroxyl groups is 1. The second-order valence-electron chi connectivity index (χ2n) is 9.61. The molecule has 1 aliphatic heterocycles. The van der Waals surface area contributed by atoms with Crippen LogP contribution in [-0.4, -0.2) is 41.7 Å². The van der Waals surface area contributed by atoms with Crippen molar-refractivity contribution >= 4 is 11.7 Å². The highest BCUT2D eigenvalue weighted by Crippen LogP contribution is 2.39. The highest BCUT2D eigenvalue weighted by atomic mass is 19.1. The Morgan fingerprint density at radius 2 is 2.08 bits per heavy atom. The number of carbonyl (C=O) groups excluding carboxylic acids is 1. The second-order valence-corrected chi connectivity index (χ2v) is 9.61. The Morgan fingerprint density at radius 1 is 1.22 bits per heavy atom. The van der Waals surface area contributed by atoms with E-state index >= 15 is 0 Å². The Bertz CT molecular complexity index is 1450. The number of imidazole rings is 2. The van der Waals surface area contributed by atoms with Gasteiger partial charge in [-0.15, -0.1) is 0 Å². The quantitative estimate of drug-likeness (QED) is 0.399. The first kappa shape index (κ1) is 22.6. The minimum atomic E-state index is -0.592. The maximum absolute atomic E-state index is 14.9. The zero-order valence-corrected chi connectivity index (χ0v) is 20.0. The first-order valence-electron chi connectivity index (χ1n) is 12.3. The predicted octanol–water partition coefficient (Wildman–Crippen LogP) is 4.58. The molecule has 0 spiro atoms. The Kier molecular flexibility index (Phi) is 5.64. The molecule has 1 atom stereocenters. The number of fused-ring (bicyclic) bond motifs is 1. The first-order chi connectivity index (χ1) is 17.5. The van der Waals surface area contributed by atoms with E-state index in [1.165, 1.54) is 6.07 Å². The molecule has 184 valence electrons. The molecule has 0 unspecified atom stereocenters. The molecule has 0 saturated heterocycles. The topological polar surface area (TPSA) is 97.9 Å². The van der Waals surface area contributed by atoms with Crippen LogP contribution >= 0.6 is 0 Å². The minimum absolute atomic E-state index is 0.0609. The lowest BCUT2D eigenvalue weighted by Crippen LogP contribution is -2.16. The van der Waals surface area contributed by atoms with Gasteiger partial charge < -0.3 is 19.6 Å². The summed E-state index contributed by atoms with van der Waals surface area (Å²) in [5.41, 5.74) is 4.12. The number of hydrogen-bond acceptors (Lipinski definition) is 5. The summed E-state index contributed by atoms with van der Waals surface area (Å²) in [5.74, 6) is 0.348. The summed E-state index contributed by atoms with van der Waals surface area (Å²) in [7, 11) is 0. The molecule has 4 aromatic rings. The molecule has 1 saturated carbocycles. The highest BCUT2D eigenvalue weighted by molar-refractivity contribution is 6.04. The van der Waals surface area contributed by atoms with E-state index in [1.54, 1.807) is 24.5 Å². The zero-order valence-electron chi connectivity index (χ0n) is 20.0. The van der Waals surface area contributed by atoms with Crippen LogP contribution in [0, 0.1) is 12.7 Å². The van der Waals surface area contributed by atoms with Gasteiger partial charge in [0, 0.05) is 36.7 Å². The predicted molar refractivity (Wildman–Crippen MR) is 133 cm³/mol.